The van der Waals surface area contributed by atoms with Gasteiger partial charge in [0.15, 0.2) is 5.66 Å². The van der Waals surface area contributed by atoms with Gasteiger partial charge in [-0.2, -0.15) is 0 Å². The zero-order valence-electron chi connectivity index (χ0n) is 13.8. The minimum atomic E-state index is -3.66. The van der Waals surface area contributed by atoms with Gasteiger partial charge in [0.2, 0.25) is 5.91 Å². The molecule has 0 spiro atoms. The molecule has 0 bridgehead atoms. The van der Waals surface area contributed by atoms with Crippen molar-refractivity contribution in [3.8, 4) is 0 Å². The van der Waals surface area contributed by atoms with Crippen LogP contribution >= 0.6 is 7.60 Å². The molecule has 0 radical (unpaired) electrons. The van der Waals surface area contributed by atoms with Gasteiger partial charge < -0.3 is 14.4 Å². The van der Waals surface area contributed by atoms with Crippen LogP contribution in [0.25, 0.3) is 0 Å². The van der Waals surface area contributed by atoms with Gasteiger partial charge in [0.1, 0.15) is 0 Å². The molecule has 0 aliphatic heterocycles. The van der Waals surface area contributed by atoms with Crippen molar-refractivity contribution in [3.63, 3.8) is 0 Å². The van der Waals surface area contributed by atoms with Crippen LogP contribution in [-0.2, 0) is 18.4 Å². The van der Waals surface area contributed by atoms with Crippen LogP contribution in [0.3, 0.4) is 0 Å². The highest BCUT2D eigenvalue weighted by Gasteiger charge is 2.42. The second-order valence-electron chi connectivity index (χ2n) is 5.04. The third-order valence-electron chi connectivity index (χ3n) is 3.34. The Kier molecular flexibility index (Phi) is 6.73. The molecule has 6 heteroatoms. The maximum atomic E-state index is 13.2. The molecule has 1 atom stereocenters. The van der Waals surface area contributed by atoms with Crippen molar-refractivity contribution in [2.75, 3.05) is 18.5 Å². The van der Waals surface area contributed by atoms with Crippen LogP contribution in [-0.4, -0.2) is 19.1 Å². The van der Waals surface area contributed by atoms with Gasteiger partial charge in [0.05, 0.1) is 13.2 Å². The molecule has 24 heavy (non-hydrogen) atoms. The second-order valence-corrected chi connectivity index (χ2v) is 7.16. The largest absolute Gasteiger partial charge is 0.347 e. The minimum Gasteiger partial charge on any atom is -0.325 e. The highest BCUT2D eigenvalue weighted by molar-refractivity contribution is 7.55. The minimum absolute atomic E-state index is 0.194. The van der Waals surface area contributed by atoms with Crippen LogP contribution in [0, 0.1) is 0 Å². The third kappa shape index (κ3) is 4.54. The first-order valence-corrected chi connectivity index (χ1v) is 9.51. The van der Waals surface area contributed by atoms with Crippen molar-refractivity contribution in [2.24, 2.45) is 0 Å². The summed E-state index contributed by atoms with van der Waals surface area (Å²) in [7, 11) is -3.66. The maximum Gasteiger partial charge on any atom is 0.347 e. The van der Waals surface area contributed by atoms with Crippen LogP contribution in [0.15, 0.2) is 60.7 Å². The molecule has 1 amide bonds. The summed E-state index contributed by atoms with van der Waals surface area (Å²) in [6.45, 7) is 3.84. The second kappa shape index (κ2) is 8.78. The fourth-order valence-electron chi connectivity index (χ4n) is 2.39. The predicted octanol–water partition coefficient (Wildman–Crippen LogP) is 4.63. The van der Waals surface area contributed by atoms with Crippen molar-refractivity contribution in [2.45, 2.75) is 19.5 Å². The fraction of sp³-hybridized carbons (Fsp3) is 0.278. The Labute approximate surface area is 142 Å². The van der Waals surface area contributed by atoms with Crippen LogP contribution in [0.2, 0.25) is 0 Å². The molecule has 0 aliphatic carbocycles. The van der Waals surface area contributed by atoms with Crippen LogP contribution in [0.4, 0.5) is 5.69 Å². The van der Waals surface area contributed by atoms with Crippen molar-refractivity contribution < 1.29 is 18.4 Å². The van der Waals surface area contributed by atoms with E-state index in [0.29, 0.717) is 11.3 Å². The van der Waals surface area contributed by atoms with E-state index in [0.717, 1.165) is 0 Å². The number of amides is 1. The number of hydrogen-bond donors (Lipinski definition) is 1. The van der Waals surface area contributed by atoms with Gasteiger partial charge in [-0.1, -0.05) is 48.5 Å². The van der Waals surface area contributed by atoms with Gasteiger partial charge in [-0.25, -0.2) is 0 Å². The number of rotatable bonds is 8. The smallest absolute Gasteiger partial charge is 0.325 e. The molecule has 2 aromatic carbocycles. The van der Waals surface area contributed by atoms with E-state index in [9.17, 15) is 9.36 Å². The molecule has 2 rings (SSSR count). The summed E-state index contributed by atoms with van der Waals surface area (Å²) in [4.78, 5) is 12.9. The zero-order valence-corrected chi connectivity index (χ0v) is 14.7. The molecule has 0 heterocycles. The number of hydrogen-bond acceptors (Lipinski definition) is 4. The lowest BCUT2D eigenvalue weighted by Gasteiger charge is -2.26. The van der Waals surface area contributed by atoms with E-state index in [1.54, 1.807) is 50.2 Å². The standard InChI is InChI=1S/C18H22NO4P/c1-3-22-24(21,23-4-2)17(15-11-7-5-8-12-15)18(20)19-16-13-9-6-10-14-16/h5-14,17H,3-4H2,1-2H3,(H,19,20). The quantitative estimate of drug-likeness (QED) is 0.707. The number of benzene rings is 2. The normalized spacial score (nSPS) is 12.6. The fourth-order valence-corrected chi connectivity index (χ4v) is 4.37. The molecular formula is C18H22NO4P. The Morgan fingerprint density at radius 3 is 1.96 bits per heavy atom. The lowest BCUT2D eigenvalue weighted by Crippen LogP contribution is -2.23. The molecule has 0 aliphatic rings. The van der Waals surface area contributed by atoms with Gasteiger partial charge >= 0.3 is 7.60 Å². The summed E-state index contributed by atoms with van der Waals surface area (Å²) < 4.78 is 24.1. The lowest BCUT2D eigenvalue weighted by molar-refractivity contribution is -0.116. The average molecular weight is 347 g/mol. The Hall–Kier alpha value is -1.94. The van der Waals surface area contributed by atoms with Gasteiger partial charge in [0, 0.05) is 5.69 Å². The summed E-state index contributed by atoms with van der Waals surface area (Å²) in [5.74, 6) is -0.419. The highest BCUT2D eigenvalue weighted by Crippen LogP contribution is 2.61. The first-order chi connectivity index (χ1) is 11.6. The molecule has 128 valence electrons. The Morgan fingerprint density at radius 2 is 1.46 bits per heavy atom. The number of nitrogens with one attached hydrogen (secondary N) is 1. The molecule has 0 saturated heterocycles. The average Bonchev–Trinajstić information content (AvgIpc) is 2.57. The first-order valence-electron chi connectivity index (χ1n) is 7.90. The van der Waals surface area contributed by atoms with E-state index < -0.39 is 19.2 Å². The topological polar surface area (TPSA) is 64.6 Å². The molecule has 0 saturated carbocycles. The number of carbonyl (C=O) groups excluding carboxylic acids is 1. The van der Waals surface area contributed by atoms with E-state index in [4.69, 9.17) is 9.05 Å². The van der Waals surface area contributed by atoms with Crippen molar-refractivity contribution in [1.29, 1.82) is 0 Å². The summed E-state index contributed by atoms with van der Waals surface area (Å²) >= 11 is 0. The van der Waals surface area contributed by atoms with Gasteiger partial charge in [-0.3, -0.25) is 9.36 Å². The predicted molar refractivity (Wildman–Crippen MR) is 95.1 cm³/mol. The number of para-hydroxylation sites is 1. The van der Waals surface area contributed by atoms with Crippen LogP contribution < -0.4 is 5.32 Å². The first kappa shape index (κ1) is 18.4. The molecule has 1 N–H and O–H groups in total. The molecule has 0 fully saturated rings. The molecule has 2 aromatic rings. The van der Waals surface area contributed by atoms with Gasteiger partial charge in [-0.15, -0.1) is 0 Å². The zero-order chi connectivity index (χ0) is 17.4. The van der Waals surface area contributed by atoms with Crippen molar-refractivity contribution >= 4 is 19.2 Å². The van der Waals surface area contributed by atoms with Crippen LogP contribution in [0.1, 0.15) is 25.1 Å². The monoisotopic (exact) mass is 347 g/mol. The molecular weight excluding hydrogens is 325 g/mol. The third-order valence-corrected chi connectivity index (χ3v) is 5.74. The maximum absolute atomic E-state index is 13.2. The number of anilines is 1. The summed E-state index contributed by atoms with van der Waals surface area (Å²) in [5, 5.41) is 2.79. The van der Waals surface area contributed by atoms with E-state index in [2.05, 4.69) is 5.32 Å². The van der Waals surface area contributed by atoms with E-state index in [1.165, 1.54) is 0 Å². The Balaban J connectivity index is 2.39. The van der Waals surface area contributed by atoms with Crippen molar-refractivity contribution in [1.82, 2.24) is 0 Å². The Morgan fingerprint density at radius 1 is 0.958 bits per heavy atom. The molecule has 5 nitrogen and oxygen atoms in total. The SMILES string of the molecule is CCOP(=O)(OCC)C(C(=O)Nc1ccccc1)c1ccccc1. The van der Waals surface area contributed by atoms with E-state index in [-0.39, 0.29) is 13.2 Å². The highest BCUT2D eigenvalue weighted by atomic mass is 31.2. The molecule has 1 unspecified atom stereocenters. The molecule has 0 aromatic heterocycles. The van der Waals surface area contributed by atoms with Crippen molar-refractivity contribution in [3.05, 3.63) is 66.2 Å². The van der Waals surface area contributed by atoms with E-state index >= 15 is 0 Å². The van der Waals surface area contributed by atoms with E-state index in [1.807, 2.05) is 24.3 Å². The van der Waals surface area contributed by atoms with Gasteiger partial charge in [-0.05, 0) is 31.5 Å². The van der Waals surface area contributed by atoms with Gasteiger partial charge in [0.25, 0.3) is 0 Å². The number of carbonyl (C=O) groups is 1. The van der Waals surface area contributed by atoms with Crippen LogP contribution in [0.5, 0.6) is 0 Å². The summed E-state index contributed by atoms with van der Waals surface area (Å²) in [6.07, 6.45) is 0. The Bertz CT molecular complexity index is 681. The summed E-state index contributed by atoms with van der Waals surface area (Å²) in [6, 6.07) is 18.0. The summed E-state index contributed by atoms with van der Waals surface area (Å²) in [5.41, 5.74) is 0.193. The lowest BCUT2D eigenvalue weighted by atomic mass is 10.1.